The van der Waals surface area contributed by atoms with Gasteiger partial charge in [-0.2, -0.15) is 5.26 Å². The van der Waals surface area contributed by atoms with E-state index in [0.29, 0.717) is 5.39 Å². The highest BCUT2D eigenvalue weighted by Crippen LogP contribution is 2.33. The van der Waals surface area contributed by atoms with E-state index in [2.05, 4.69) is 0 Å². The third kappa shape index (κ3) is 0.908. The number of phenolic OH excluding ortho intramolecular Hbond substituents is 1. The highest BCUT2D eigenvalue weighted by molar-refractivity contribution is 5.95. The van der Waals surface area contributed by atoms with Crippen molar-refractivity contribution in [3.63, 3.8) is 0 Å². The van der Waals surface area contributed by atoms with Gasteiger partial charge < -0.3 is 15.3 Å². The molecular weight excluding hydrogens is 168 g/mol. The molecule has 0 saturated heterocycles. The summed E-state index contributed by atoms with van der Waals surface area (Å²) in [7, 11) is 0. The van der Waals surface area contributed by atoms with Gasteiger partial charge in [0.05, 0.1) is 5.69 Å². The number of phenols is 1. The van der Waals surface area contributed by atoms with Crippen LogP contribution in [0, 0.1) is 11.3 Å². The van der Waals surface area contributed by atoms with E-state index in [1.165, 1.54) is 6.07 Å². The molecule has 4 heteroatoms. The van der Waals surface area contributed by atoms with Crippen LogP contribution in [0.15, 0.2) is 22.6 Å². The van der Waals surface area contributed by atoms with E-state index < -0.39 is 0 Å². The van der Waals surface area contributed by atoms with Gasteiger partial charge in [-0.25, -0.2) is 0 Å². The standard InChI is InChI=1S/C9H6N2O2/c10-4-7-8(11)5-2-1-3-6(12)9(5)13-7/h1-3,12H,11H2. The first kappa shape index (κ1) is 7.50. The van der Waals surface area contributed by atoms with Crippen LogP contribution >= 0.6 is 0 Å². The van der Waals surface area contributed by atoms with Gasteiger partial charge in [0.15, 0.2) is 11.3 Å². The van der Waals surface area contributed by atoms with E-state index in [1.54, 1.807) is 12.1 Å². The maximum absolute atomic E-state index is 9.35. The number of benzene rings is 1. The molecule has 0 amide bonds. The van der Waals surface area contributed by atoms with Gasteiger partial charge in [-0.3, -0.25) is 0 Å². The Morgan fingerprint density at radius 1 is 1.46 bits per heavy atom. The van der Waals surface area contributed by atoms with E-state index >= 15 is 0 Å². The second-order valence-electron chi connectivity index (χ2n) is 2.61. The molecule has 0 bridgehead atoms. The van der Waals surface area contributed by atoms with Crippen LogP contribution < -0.4 is 5.73 Å². The number of para-hydroxylation sites is 1. The Hall–Kier alpha value is -2.15. The van der Waals surface area contributed by atoms with E-state index in [-0.39, 0.29) is 22.8 Å². The zero-order chi connectivity index (χ0) is 9.42. The molecule has 0 atom stereocenters. The lowest BCUT2D eigenvalue weighted by Gasteiger charge is -1.90. The number of hydrogen-bond donors (Lipinski definition) is 2. The molecule has 0 aliphatic rings. The Balaban J connectivity index is 2.94. The van der Waals surface area contributed by atoms with Gasteiger partial charge in [-0.1, -0.05) is 6.07 Å². The van der Waals surface area contributed by atoms with Crippen LogP contribution in [0.3, 0.4) is 0 Å². The molecule has 0 aliphatic carbocycles. The molecule has 0 aliphatic heterocycles. The van der Waals surface area contributed by atoms with E-state index in [4.69, 9.17) is 15.4 Å². The van der Waals surface area contributed by atoms with Gasteiger partial charge in [0.25, 0.3) is 0 Å². The van der Waals surface area contributed by atoms with E-state index in [0.717, 1.165) is 0 Å². The number of nitriles is 1. The third-order valence-corrected chi connectivity index (χ3v) is 1.83. The van der Waals surface area contributed by atoms with Gasteiger partial charge >= 0.3 is 0 Å². The van der Waals surface area contributed by atoms with E-state index in [1.807, 2.05) is 6.07 Å². The fraction of sp³-hybridized carbons (Fsp3) is 0. The van der Waals surface area contributed by atoms with Gasteiger partial charge in [0, 0.05) is 5.39 Å². The molecule has 4 nitrogen and oxygen atoms in total. The summed E-state index contributed by atoms with van der Waals surface area (Å²) in [5.41, 5.74) is 6.12. The molecular formula is C9H6N2O2. The lowest BCUT2D eigenvalue weighted by molar-refractivity contribution is 0.464. The van der Waals surface area contributed by atoms with Crippen LogP contribution in [0.1, 0.15) is 5.76 Å². The Kier molecular flexibility index (Phi) is 1.40. The summed E-state index contributed by atoms with van der Waals surface area (Å²) >= 11 is 0. The SMILES string of the molecule is N#Cc1oc2c(O)cccc2c1N. The third-order valence-electron chi connectivity index (χ3n) is 1.83. The molecule has 0 saturated carbocycles. The van der Waals surface area contributed by atoms with Crippen molar-refractivity contribution < 1.29 is 9.52 Å². The lowest BCUT2D eigenvalue weighted by Crippen LogP contribution is -1.84. The fourth-order valence-electron chi connectivity index (χ4n) is 1.21. The number of fused-ring (bicyclic) bond motifs is 1. The summed E-state index contributed by atoms with van der Waals surface area (Å²) in [6, 6.07) is 6.62. The number of nitrogens with zero attached hydrogens (tertiary/aromatic N) is 1. The summed E-state index contributed by atoms with van der Waals surface area (Å²) < 4.78 is 5.04. The molecule has 3 N–H and O–H groups in total. The van der Waals surface area contributed by atoms with Gasteiger partial charge in [-0.05, 0) is 12.1 Å². The maximum Gasteiger partial charge on any atom is 0.227 e. The number of furan rings is 1. The van der Waals surface area contributed by atoms with Crippen LogP contribution in [0.5, 0.6) is 5.75 Å². The van der Waals surface area contributed by atoms with Crippen molar-refractivity contribution in [1.82, 2.24) is 0 Å². The van der Waals surface area contributed by atoms with Crippen molar-refractivity contribution in [2.24, 2.45) is 0 Å². The minimum Gasteiger partial charge on any atom is -0.504 e. The number of nitrogens with two attached hydrogens (primary N) is 1. The number of anilines is 1. The average molecular weight is 174 g/mol. The van der Waals surface area contributed by atoms with Crippen LogP contribution in [-0.4, -0.2) is 5.11 Å². The molecule has 64 valence electrons. The largest absolute Gasteiger partial charge is 0.504 e. The quantitative estimate of drug-likeness (QED) is 0.635. The van der Waals surface area contributed by atoms with Crippen molar-refractivity contribution in [1.29, 1.82) is 5.26 Å². The highest BCUT2D eigenvalue weighted by Gasteiger charge is 2.12. The predicted octanol–water partition coefficient (Wildman–Crippen LogP) is 1.59. The lowest BCUT2D eigenvalue weighted by atomic mass is 10.2. The first-order valence-corrected chi connectivity index (χ1v) is 3.64. The highest BCUT2D eigenvalue weighted by atomic mass is 16.4. The topological polar surface area (TPSA) is 83.2 Å². The van der Waals surface area contributed by atoms with Crippen LogP contribution in [0.4, 0.5) is 5.69 Å². The normalized spacial score (nSPS) is 10.1. The molecule has 0 spiro atoms. The van der Waals surface area contributed by atoms with Gasteiger partial charge in [-0.15, -0.1) is 0 Å². The summed E-state index contributed by atoms with van der Waals surface area (Å²) in [5, 5.41) is 18.5. The second-order valence-corrected chi connectivity index (χ2v) is 2.61. The molecule has 1 aromatic carbocycles. The Bertz CT molecular complexity index is 508. The number of rotatable bonds is 0. The van der Waals surface area contributed by atoms with Crippen LogP contribution in [-0.2, 0) is 0 Å². The molecule has 13 heavy (non-hydrogen) atoms. The van der Waals surface area contributed by atoms with Crippen molar-refractivity contribution in [3.8, 4) is 11.8 Å². The van der Waals surface area contributed by atoms with Crippen LogP contribution in [0.25, 0.3) is 11.0 Å². The number of hydrogen-bond acceptors (Lipinski definition) is 4. The van der Waals surface area contributed by atoms with Crippen LogP contribution in [0.2, 0.25) is 0 Å². The summed E-state index contributed by atoms with van der Waals surface area (Å²) in [6.45, 7) is 0. The number of nitrogen functional groups attached to an aromatic ring is 1. The summed E-state index contributed by atoms with van der Waals surface area (Å²) in [5.74, 6) is 0.0298. The smallest absolute Gasteiger partial charge is 0.227 e. The molecule has 1 heterocycles. The second kappa shape index (κ2) is 2.42. The van der Waals surface area contributed by atoms with Crippen molar-refractivity contribution in [3.05, 3.63) is 24.0 Å². The maximum atomic E-state index is 9.35. The molecule has 2 rings (SSSR count). The first-order valence-electron chi connectivity index (χ1n) is 3.64. The number of aromatic hydroxyl groups is 1. The summed E-state index contributed by atoms with van der Waals surface area (Å²) in [4.78, 5) is 0. The molecule has 1 aromatic heterocycles. The Labute approximate surface area is 73.8 Å². The monoisotopic (exact) mass is 174 g/mol. The minimum atomic E-state index is -0.00861. The molecule has 0 unspecified atom stereocenters. The Morgan fingerprint density at radius 2 is 2.23 bits per heavy atom. The molecule has 0 fully saturated rings. The molecule has 0 radical (unpaired) electrons. The van der Waals surface area contributed by atoms with Gasteiger partial charge in [0.1, 0.15) is 6.07 Å². The van der Waals surface area contributed by atoms with E-state index in [9.17, 15) is 5.11 Å². The predicted molar refractivity (Wildman–Crippen MR) is 47.0 cm³/mol. The average Bonchev–Trinajstić information content (AvgIpc) is 2.45. The minimum absolute atomic E-state index is 0.00861. The van der Waals surface area contributed by atoms with Crippen molar-refractivity contribution in [2.75, 3.05) is 5.73 Å². The zero-order valence-electron chi connectivity index (χ0n) is 6.61. The first-order chi connectivity index (χ1) is 6.24. The summed E-state index contributed by atoms with van der Waals surface area (Å²) in [6.07, 6.45) is 0. The molecule has 2 aromatic rings. The Morgan fingerprint density at radius 3 is 2.85 bits per heavy atom. The fourth-order valence-corrected chi connectivity index (χ4v) is 1.21. The van der Waals surface area contributed by atoms with Gasteiger partial charge in [0.2, 0.25) is 5.76 Å². The van der Waals surface area contributed by atoms with Crippen molar-refractivity contribution >= 4 is 16.7 Å². The van der Waals surface area contributed by atoms with Crippen molar-refractivity contribution in [2.45, 2.75) is 0 Å². The zero-order valence-corrected chi connectivity index (χ0v) is 6.61.